The molecule has 0 saturated heterocycles. The third-order valence-electron chi connectivity index (χ3n) is 2.05. The Labute approximate surface area is 96.7 Å². The highest BCUT2D eigenvalue weighted by atomic mass is 28.2. The normalized spacial score (nSPS) is 11.2. The quantitative estimate of drug-likeness (QED) is 0.335. The fourth-order valence-corrected chi connectivity index (χ4v) is 2.48. The Morgan fingerprint density at radius 1 is 1.13 bits per heavy atom. The summed E-state index contributed by atoms with van der Waals surface area (Å²) in [7, 11) is 2.97. The summed E-state index contributed by atoms with van der Waals surface area (Å²) in [4.78, 5) is 0. The van der Waals surface area contributed by atoms with E-state index in [9.17, 15) is 0 Å². The SMILES string of the molecule is CCOC(C[Si]CCCCNC)OCC. The molecule has 15 heavy (non-hydrogen) atoms. The van der Waals surface area contributed by atoms with Crippen LogP contribution in [0.2, 0.25) is 12.1 Å². The molecule has 0 aliphatic carbocycles. The highest BCUT2D eigenvalue weighted by Gasteiger charge is 2.07. The van der Waals surface area contributed by atoms with Gasteiger partial charge in [-0.15, -0.1) is 0 Å². The molecule has 0 bridgehead atoms. The Morgan fingerprint density at radius 2 is 1.80 bits per heavy atom. The number of ether oxygens (including phenoxy) is 2. The first-order valence-corrected chi connectivity index (χ1v) is 7.35. The van der Waals surface area contributed by atoms with Crippen LogP contribution in [-0.2, 0) is 9.47 Å². The Kier molecular flexibility index (Phi) is 12.2. The van der Waals surface area contributed by atoms with Gasteiger partial charge in [0.15, 0.2) is 6.29 Å². The molecular formula is C11H25NO2Si. The molecular weight excluding hydrogens is 206 g/mol. The van der Waals surface area contributed by atoms with Gasteiger partial charge in [-0.3, -0.25) is 0 Å². The molecule has 0 spiro atoms. The van der Waals surface area contributed by atoms with Gasteiger partial charge in [-0.05, 0) is 39.9 Å². The van der Waals surface area contributed by atoms with Crippen molar-refractivity contribution in [1.29, 1.82) is 0 Å². The molecule has 90 valence electrons. The third-order valence-corrected chi connectivity index (χ3v) is 3.38. The van der Waals surface area contributed by atoms with Crippen LogP contribution in [-0.4, -0.2) is 42.6 Å². The minimum atomic E-state index is 0.0302. The molecule has 0 amide bonds. The largest absolute Gasteiger partial charge is 0.353 e. The predicted molar refractivity (Wildman–Crippen MR) is 65.6 cm³/mol. The van der Waals surface area contributed by atoms with Gasteiger partial charge in [0.2, 0.25) is 0 Å². The van der Waals surface area contributed by atoms with E-state index < -0.39 is 0 Å². The van der Waals surface area contributed by atoms with E-state index in [4.69, 9.17) is 9.47 Å². The smallest absolute Gasteiger partial charge is 0.154 e. The first-order chi connectivity index (χ1) is 7.35. The van der Waals surface area contributed by atoms with Gasteiger partial charge in [-0.25, -0.2) is 0 Å². The minimum Gasteiger partial charge on any atom is -0.353 e. The highest BCUT2D eigenvalue weighted by molar-refractivity contribution is 6.35. The number of nitrogens with one attached hydrogen (secondary N) is 1. The number of rotatable bonds is 11. The second-order valence-corrected chi connectivity index (χ2v) is 4.76. The van der Waals surface area contributed by atoms with E-state index in [1.165, 1.54) is 18.9 Å². The van der Waals surface area contributed by atoms with Crippen LogP contribution in [0.3, 0.4) is 0 Å². The molecule has 0 fully saturated rings. The molecule has 0 heterocycles. The molecule has 0 saturated carbocycles. The van der Waals surface area contributed by atoms with E-state index in [2.05, 4.69) is 5.32 Å². The summed E-state index contributed by atoms with van der Waals surface area (Å²) in [6.07, 6.45) is 2.62. The maximum atomic E-state index is 5.48. The molecule has 0 unspecified atom stereocenters. The second kappa shape index (κ2) is 12.2. The zero-order valence-electron chi connectivity index (χ0n) is 10.3. The molecule has 0 aliphatic rings. The lowest BCUT2D eigenvalue weighted by atomic mass is 10.3. The van der Waals surface area contributed by atoms with E-state index in [-0.39, 0.29) is 6.29 Å². The van der Waals surface area contributed by atoms with Crippen molar-refractivity contribution >= 4 is 9.52 Å². The van der Waals surface area contributed by atoms with Gasteiger partial charge in [0, 0.05) is 22.7 Å². The van der Waals surface area contributed by atoms with Gasteiger partial charge in [0.1, 0.15) is 0 Å². The van der Waals surface area contributed by atoms with Gasteiger partial charge in [-0.1, -0.05) is 12.5 Å². The third kappa shape index (κ3) is 10.4. The van der Waals surface area contributed by atoms with E-state index in [1.54, 1.807) is 0 Å². The summed E-state index contributed by atoms with van der Waals surface area (Å²) >= 11 is 0. The van der Waals surface area contributed by atoms with Crippen LogP contribution in [0.1, 0.15) is 26.7 Å². The van der Waals surface area contributed by atoms with Crippen molar-refractivity contribution in [3.05, 3.63) is 0 Å². The standard InChI is InChI=1S/C11H25NO2Si/c1-4-13-11(14-5-2)10-15-9-7-6-8-12-3/h11-12H,4-10H2,1-3H3. The number of hydrogen-bond acceptors (Lipinski definition) is 3. The maximum absolute atomic E-state index is 5.48. The lowest BCUT2D eigenvalue weighted by Crippen LogP contribution is -2.19. The van der Waals surface area contributed by atoms with E-state index in [1.807, 2.05) is 20.9 Å². The molecule has 2 radical (unpaired) electrons. The van der Waals surface area contributed by atoms with E-state index >= 15 is 0 Å². The van der Waals surface area contributed by atoms with Crippen LogP contribution < -0.4 is 5.32 Å². The van der Waals surface area contributed by atoms with Crippen molar-refractivity contribution in [1.82, 2.24) is 5.32 Å². The topological polar surface area (TPSA) is 30.5 Å². The van der Waals surface area contributed by atoms with Gasteiger partial charge in [0.05, 0.1) is 0 Å². The lowest BCUT2D eigenvalue weighted by molar-refractivity contribution is -0.123. The summed E-state index contributed by atoms with van der Waals surface area (Å²) in [5, 5.41) is 3.16. The minimum absolute atomic E-state index is 0.0302. The van der Waals surface area contributed by atoms with Crippen LogP contribution in [0, 0.1) is 0 Å². The van der Waals surface area contributed by atoms with Crippen LogP contribution in [0.5, 0.6) is 0 Å². The molecule has 3 nitrogen and oxygen atoms in total. The van der Waals surface area contributed by atoms with Gasteiger partial charge in [0.25, 0.3) is 0 Å². The average molecular weight is 231 g/mol. The summed E-state index contributed by atoms with van der Waals surface area (Å²) in [6, 6.07) is 2.36. The van der Waals surface area contributed by atoms with Crippen molar-refractivity contribution in [2.45, 2.75) is 45.1 Å². The maximum Gasteiger partial charge on any atom is 0.154 e. The number of hydrogen-bond donors (Lipinski definition) is 1. The Hall–Kier alpha value is 0.0969. The summed E-state index contributed by atoms with van der Waals surface area (Å²) in [6.45, 7) is 6.65. The first kappa shape index (κ1) is 15.1. The highest BCUT2D eigenvalue weighted by Crippen LogP contribution is 2.04. The van der Waals surface area contributed by atoms with Crippen LogP contribution in [0.4, 0.5) is 0 Å². The van der Waals surface area contributed by atoms with Gasteiger partial charge < -0.3 is 14.8 Å². The van der Waals surface area contributed by atoms with Crippen molar-refractivity contribution in [3.8, 4) is 0 Å². The van der Waals surface area contributed by atoms with Gasteiger partial charge in [-0.2, -0.15) is 0 Å². The lowest BCUT2D eigenvalue weighted by Gasteiger charge is -2.16. The molecule has 0 rings (SSSR count). The molecule has 0 aromatic rings. The predicted octanol–water partition coefficient (Wildman–Crippen LogP) is 1.93. The Balaban J connectivity index is 3.28. The van der Waals surface area contributed by atoms with Crippen LogP contribution in [0.25, 0.3) is 0 Å². The molecule has 1 N–H and O–H groups in total. The zero-order chi connectivity index (χ0) is 11.4. The van der Waals surface area contributed by atoms with Crippen molar-refractivity contribution in [3.63, 3.8) is 0 Å². The van der Waals surface area contributed by atoms with Crippen LogP contribution >= 0.6 is 0 Å². The van der Waals surface area contributed by atoms with E-state index in [0.717, 1.165) is 35.3 Å². The van der Waals surface area contributed by atoms with E-state index in [0.29, 0.717) is 0 Å². The number of unbranched alkanes of at least 4 members (excludes halogenated alkanes) is 1. The Morgan fingerprint density at radius 3 is 2.33 bits per heavy atom. The monoisotopic (exact) mass is 231 g/mol. The summed E-state index contributed by atoms with van der Waals surface area (Å²) < 4.78 is 11.0. The fraction of sp³-hybridized carbons (Fsp3) is 1.00. The fourth-order valence-electron chi connectivity index (χ4n) is 1.31. The Bertz CT molecular complexity index is 119. The van der Waals surface area contributed by atoms with Crippen molar-refractivity contribution in [2.24, 2.45) is 0 Å². The zero-order valence-corrected chi connectivity index (χ0v) is 11.3. The second-order valence-electron chi connectivity index (χ2n) is 3.36. The molecule has 4 heteroatoms. The van der Waals surface area contributed by atoms with Crippen molar-refractivity contribution in [2.75, 3.05) is 26.8 Å². The van der Waals surface area contributed by atoms with Gasteiger partial charge >= 0.3 is 0 Å². The molecule has 0 aliphatic heterocycles. The average Bonchev–Trinajstić information content (AvgIpc) is 2.24. The molecule has 0 aromatic carbocycles. The molecule has 0 aromatic heterocycles. The summed E-state index contributed by atoms with van der Waals surface area (Å²) in [5.41, 5.74) is 0. The molecule has 0 atom stereocenters. The first-order valence-electron chi connectivity index (χ1n) is 5.93. The van der Waals surface area contributed by atoms with Crippen molar-refractivity contribution < 1.29 is 9.47 Å². The van der Waals surface area contributed by atoms with Crippen LogP contribution in [0.15, 0.2) is 0 Å². The summed E-state index contributed by atoms with van der Waals surface area (Å²) in [5.74, 6) is 0.